The van der Waals surface area contributed by atoms with Gasteiger partial charge in [0.05, 0.1) is 11.4 Å². The van der Waals surface area contributed by atoms with Crippen LogP contribution in [0.1, 0.15) is 92.5 Å². The molecule has 2 aliphatic rings. The largest absolute Gasteiger partial charge is 0.293 e. The summed E-state index contributed by atoms with van der Waals surface area (Å²) < 4.78 is 0. The first-order valence-corrected chi connectivity index (χ1v) is 18.6. The van der Waals surface area contributed by atoms with Crippen LogP contribution in [0.2, 0.25) is 0 Å². The second-order valence-corrected chi connectivity index (χ2v) is 14.0. The summed E-state index contributed by atoms with van der Waals surface area (Å²) in [6.45, 7) is 18.7. The van der Waals surface area contributed by atoms with Gasteiger partial charge in [0, 0.05) is 35.0 Å². The van der Waals surface area contributed by atoms with Crippen molar-refractivity contribution in [2.45, 2.75) is 73.6 Å². The van der Waals surface area contributed by atoms with Crippen molar-refractivity contribution in [2.24, 2.45) is 10.9 Å². The first kappa shape index (κ1) is 35.7. The van der Waals surface area contributed by atoms with Gasteiger partial charge in [-0.1, -0.05) is 112 Å². The number of nitrogens with zero attached hydrogens (tertiary/aromatic N) is 3. The standard InChI is InChI=1S/C48H51N3/c1-8-10-19-36-20-14-15-24-41(36)46-35(7)47(51-48(50-46)38-21-12-11-13-22-38)42(17-9-2)45(32(3)4)44-31-40(39-23-16-18-33(5)29-39)30-43(34(44)6)37-25-27-49-28-26-37/h9,11-17,20-25,27,29-31,33H,3,8,10,18-19,26,28H2,1-2,4-7H3/b17-9-,45-42-/t33-/m0/s1. The number of hydrogen-bond donors (Lipinski definition) is 0. The van der Waals surface area contributed by atoms with E-state index in [0.29, 0.717) is 5.92 Å². The van der Waals surface area contributed by atoms with Crippen molar-refractivity contribution in [3.8, 4) is 22.6 Å². The van der Waals surface area contributed by atoms with Crippen LogP contribution < -0.4 is 0 Å². The van der Waals surface area contributed by atoms with E-state index in [2.05, 4.69) is 150 Å². The molecule has 1 aromatic heterocycles. The maximum absolute atomic E-state index is 5.42. The predicted octanol–water partition coefficient (Wildman–Crippen LogP) is 12.7. The van der Waals surface area contributed by atoms with Gasteiger partial charge in [-0.2, -0.15) is 0 Å². The lowest BCUT2D eigenvalue weighted by molar-refractivity contribution is 0.740. The van der Waals surface area contributed by atoms with Crippen LogP contribution in [0.5, 0.6) is 0 Å². The molecule has 0 amide bonds. The zero-order chi connectivity index (χ0) is 35.9. The van der Waals surface area contributed by atoms with Crippen LogP contribution in [0, 0.1) is 19.8 Å². The Hall–Kier alpha value is -5.15. The molecule has 2 heterocycles. The number of benzene rings is 3. The number of aliphatic imine (C=N–C) groups is 1. The fourth-order valence-electron chi connectivity index (χ4n) is 7.36. The highest BCUT2D eigenvalue weighted by atomic mass is 14.9. The summed E-state index contributed by atoms with van der Waals surface area (Å²) >= 11 is 0. The Kier molecular flexibility index (Phi) is 11.4. The van der Waals surface area contributed by atoms with E-state index in [-0.39, 0.29) is 0 Å². The maximum atomic E-state index is 5.42. The van der Waals surface area contributed by atoms with Crippen molar-refractivity contribution in [2.75, 3.05) is 6.54 Å². The van der Waals surface area contributed by atoms with Crippen LogP contribution in [-0.4, -0.2) is 22.7 Å². The van der Waals surface area contributed by atoms with Crippen LogP contribution in [0.4, 0.5) is 0 Å². The molecule has 0 radical (unpaired) electrons. The topological polar surface area (TPSA) is 38.1 Å². The predicted molar refractivity (Wildman–Crippen MR) is 221 cm³/mol. The zero-order valence-electron chi connectivity index (χ0n) is 31.3. The minimum absolute atomic E-state index is 0.493. The molecular weight excluding hydrogens is 619 g/mol. The number of dihydropyridines is 1. The molecule has 3 nitrogen and oxygen atoms in total. The molecular formula is C48H51N3. The average Bonchev–Trinajstić information content (AvgIpc) is 3.15. The second kappa shape index (κ2) is 16.2. The normalized spacial score (nSPS) is 16.2. The SMILES string of the molecule is C=C(C)/C(=C(\C=C/C)c1nc(-c2ccccc2)nc(-c2ccccc2CCCC)c1C)c1cc(C2=C[C@@H](C)CC=C2)cc(C2=CC=NCC2)c1C. The lowest BCUT2D eigenvalue weighted by atomic mass is 9.82. The molecule has 1 aliphatic carbocycles. The Morgan fingerprint density at radius 3 is 2.43 bits per heavy atom. The number of unbranched alkanes of at least 4 members (excludes halogenated alkanes) is 1. The number of aromatic nitrogens is 2. The number of rotatable bonds is 11. The first-order chi connectivity index (χ1) is 24.8. The zero-order valence-corrected chi connectivity index (χ0v) is 31.3. The molecule has 3 heteroatoms. The van der Waals surface area contributed by atoms with Crippen LogP contribution in [0.25, 0.3) is 44.9 Å². The number of aryl methyl sites for hydroxylation is 1. The fourth-order valence-corrected chi connectivity index (χ4v) is 7.36. The van der Waals surface area contributed by atoms with Gasteiger partial charge in [-0.25, -0.2) is 9.97 Å². The first-order valence-electron chi connectivity index (χ1n) is 18.6. The van der Waals surface area contributed by atoms with Crippen LogP contribution in [0.3, 0.4) is 0 Å². The third kappa shape index (κ3) is 7.78. The lowest BCUT2D eigenvalue weighted by Crippen LogP contribution is -2.07. The molecule has 0 N–H and O–H groups in total. The molecule has 0 spiro atoms. The highest BCUT2D eigenvalue weighted by molar-refractivity contribution is 6.04. The smallest absolute Gasteiger partial charge is 0.160 e. The van der Waals surface area contributed by atoms with E-state index in [1.54, 1.807) is 0 Å². The lowest BCUT2D eigenvalue weighted by Gasteiger charge is -2.24. The van der Waals surface area contributed by atoms with E-state index in [0.717, 1.165) is 83.7 Å². The van der Waals surface area contributed by atoms with Crippen molar-refractivity contribution in [1.29, 1.82) is 0 Å². The summed E-state index contributed by atoms with van der Waals surface area (Å²) in [6.07, 6.45) is 20.8. The Balaban J connectivity index is 1.69. The highest BCUT2D eigenvalue weighted by Gasteiger charge is 2.24. The second-order valence-electron chi connectivity index (χ2n) is 14.0. The van der Waals surface area contributed by atoms with E-state index >= 15 is 0 Å². The van der Waals surface area contributed by atoms with E-state index in [1.165, 1.54) is 44.5 Å². The van der Waals surface area contributed by atoms with Gasteiger partial charge in [0.1, 0.15) is 0 Å². The molecule has 51 heavy (non-hydrogen) atoms. The quantitative estimate of drug-likeness (QED) is 0.149. The van der Waals surface area contributed by atoms with Crippen LogP contribution >= 0.6 is 0 Å². The Labute approximate surface area is 305 Å². The number of hydrogen-bond acceptors (Lipinski definition) is 3. The molecule has 6 rings (SSSR count). The van der Waals surface area contributed by atoms with Crippen molar-refractivity contribution in [1.82, 2.24) is 9.97 Å². The van der Waals surface area contributed by atoms with E-state index in [4.69, 9.17) is 9.97 Å². The van der Waals surface area contributed by atoms with E-state index in [9.17, 15) is 0 Å². The van der Waals surface area contributed by atoms with Crippen LogP contribution in [-0.2, 0) is 6.42 Å². The summed E-state index contributed by atoms with van der Waals surface area (Å²) in [5, 5.41) is 0. The molecule has 1 aliphatic heterocycles. The Morgan fingerprint density at radius 2 is 1.73 bits per heavy atom. The van der Waals surface area contributed by atoms with Gasteiger partial charge >= 0.3 is 0 Å². The van der Waals surface area contributed by atoms with E-state index in [1.807, 2.05) is 12.3 Å². The third-order valence-corrected chi connectivity index (χ3v) is 10.1. The highest BCUT2D eigenvalue weighted by Crippen LogP contribution is 2.42. The minimum atomic E-state index is 0.493. The number of allylic oxidation sites excluding steroid dienone is 10. The van der Waals surface area contributed by atoms with Crippen LogP contribution in [0.15, 0.2) is 120 Å². The molecule has 258 valence electrons. The maximum Gasteiger partial charge on any atom is 0.160 e. The van der Waals surface area contributed by atoms with E-state index < -0.39 is 0 Å². The molecule has 0 saturated carbocycles. The summed E-state index contributed by atoms with van der Waals surface area (Å²) in [6, 6.07) is 23.9. The summed E-state index contributed by atoms with van der Waals surface area (Å²) in [5.74, 6) is 1.22. The van der Waals surface area contributed by atoms with Gasteiger partial charge in [-0.15, -0.1) is 0 Å². The van der Waals surface area contributed by atoms with Crippen molar-refractivity contribution in [3.05, 3.63) is 154 Å². The molecule has 0 saturated heterocycles. The fraction of sp³-hybridized carbons (Fsp3) is 0.271. The van der Waals surface area contributed by atoms with Gasteiger partial charge in [0.25, 0.3) is 0 Å². The molecule has 0 unspecified atom stereocenters. The van der Waals surface area contributed by atoms with Gasteiger partial charge in [-0.3, -0.25) is 4.99 Å². The summed E-state index contributed by atoms with van der Waals surface area (Å²) in [7, 11) is 0. The summed E-state index contributed by atoms with van der Waals surface area (Å²) in [4.78, 5) is 15.3. The van der Waals surface area contributed by atoms with Crippen molar-refractivity contribution in [3.63, 3.8) is 0 Å². The van der Waals surface area contributed by atoms with Crippen molar-refractivity contribution >= 4 is 28.5 Å². The molecule has 3 aromatic carbocycles. The van der Waals surface area contributed by atoms with Gasteiger partial charge in [0.15, 0.2) is 5.82 Å². The molecule has 0 fully saturated rings. The third-order valence-electron chi connectivity index (χ3n) is 10.1. The van der Waals surface area contributed by atoms with Gasteiger partial charge in [0.2, 0.25) is 0 Å². The Bertz CT molecular complexity index is 2120. The van der Waals surface area contributed by atoms with Gasteiger partial charge < -0.3 is 0 Å². The molecule has 0 bridgehead atoms. The Morgan fingerprint density at radius 1 is 0.941 bits per heavy atom. The van der Waals surface area contributed by atoms with Crippen molar-refractivity contribution < 1.29 is 0 Å². The van der Waals surface area contributed by atoms with Gasteiger partial charge in [-0.05, 0) is 128 Å². The average molecular weight is 670 g/mol. The molecule has 4 aromatic rings. The monoisotopic (exact) mass is 669 g/mol. The molecule has 1 atom stereocenters. The minimum Gasteiger partial charge on any atom is -0.293 e. The summed E-state index contributed by atoms with van der Waals surface area (Å²) in [5.41, 5.74) is 17.2.